The van der Waals surface area contributed by atoms with Crippen molar-refractivity contribution in [3.8, 4) is 0 Å². The number of amides is 1. The molecule has 1 saturated heterocycles. The Bertz CT molecular complexity index is 477. The van der Waals surface area contributed by atoms with Gasteiger partial charge in [0.2, 0.25) is 5.91 Å². The Labute approximate surface area is 133 Å². The number of piperidine rings is 1. The van der Waals surface area contributed by atoms with Gasteiger partial charge < -0.3 is 10.6 Å². The normalized spacial score (nSPS) is 19.9. The molecular formula is C17H30N4O. The Morgan fingerprint density at radius 3 is 3.00 bits per heavy atom. The molecule has 1 aromatic heterocycles. The number of carbonyl (C=O) groups excluding carboxylic acids is 1. The topological polar surface area (TPSA) is 59.0 Å². The third-order valence-corrected chi connectivity index (χ3v) is 4.62. The van der Waals surface area contributed by atoms with E-state index in [0.29, 0.717) is 18.3 Å². The summed E-state index contributed by atoms with van der Waals surface area (Å²) in [6.45, 7) is 10.1. The molecule has 1 aliphatic rings. The quantitative estimate of drug-likeness (QED) is 0.758. The van der Waals surface area contributed by atoms with Crippen molar-refractivity contribution in [2.75, 3.05) is 19.6 Å². The van der Waals surface area contributed by atoms with Gasteiger partial charge in [0.05, 0.1) is 5.69 Å². The minimum Gasteiger partial charge on any atom is -0.356 e. The Morgan fingerprint density at radius 2 is 2.36 bits per heavy atom. The van der Waals surface area contributed by atoms with E-state index in [-0.39, 0.29) is 5.91 Å². The lowest BCUT2D eigenvalue weighted by Crippen LogP contribution is -2.35. The van der Waals surface area contributed by atoms with E-state index in [9.17, 15) is 4.79 Å². The second kappa shape index (κ2) is 8.32. The minimum absolute atomic E-state index is 0.187. The first-order chi connectivity index (χ1) is 10.6. The molecule has 5 nitrogen and oxygen atoms in total. The average Bonchev–Trinajstić information content (AvgIpc) is 2.82. The average molecular weight is 306 g/mol. The van der Waals surface area contributed by atoms with E-state index >= 15 is 0 Å². The zero-order valence-electron chi connectivity index (χ0n) is 14.2. The highest BCUT2D eigenvalue weighted by Crippen LogP contribution is 2.22. The van der Waals surface area contributed by atoms with Gasteiger partial charge in [-0.2, -0.15) is 5.10 Å². The maximum Gasteiger partial charge on any atom is 0.220 e. The molecule has 22 heavy (non-hydrogen) atoms. The molecule has 2 heterocycles. The molecule has 0 aliphatic carbocycles. The van der Waals surface area contributed by atoms with Gasteiger partial charge in [0.25, 0.3) is 0 Å². The molecule has 1 aliphatic heterocycles. The van der Waals surface area contributed by atoms with Crippen molar-refractivity contribution in [3.63, 3.8) is 0 Å². The van der Waals surface area contributed by atoms with Crippen molar-refractivity contribution in [2.24, 2.45) is 11.8 Å². The predicted octanol–water partition coefficient (Wildman–Crippen LogP) is 2.03. The monoisotopic (exact) mass is 306 g/mol. The molecule has 0 bridgehead atoms. The Balaban J connectivity index is 1.62. The van der Waals surface area contributed by atoms with Crippen molar-refractivity contribution in [2.45, 2.75) is 53.0 Å². The van der Waals surface area contributed by atoms with Gasteiger partial charge in [-0.05, 0) is 64.1 Å². The molecule has 0 radical (unpaired) electrons. The molecule has 2 atom stereocenters. The standard InChI is InChI=1S/C17H30N4O/c1-13(16-6-4-7-18-12-16)10-17(22)19-8-5-9-21-15(3)11-14(2)20-21/h11,13,16,18H,4-10,12H2,1-3H3,(H,19,22). The van der Waals surface area contributed by atoms with Crippen molar-refractivity contribution >= 4 is 5.91 Å². The molecule has 1 aromatic rings. The SMILES string of the molecule is Cc1cc(C)n(CCCNC(=O)CC(C)C2CCCNC2)n1. The number of nitrogens with zero attached hydrogens (tertiary/aromatic N) is 2. The summed E-state index contributed by atoms with van der Waals surface area (Å²) < 4.78 is 2.01. The number of rotatable bonds is 7. The van der Waals surface area contributed by atoms with E-state index in [2.05, 4.69) is 35.6 Å². The van der Waals surface area contributed by atoms with Crippen LogP contribution in [-0.2, 0) is 11.3 Å². The lowest BCUT2D eigenvalue weighted by molar-refractivity contribution is -0.122. The number of aryl methyl sites for hydroxylation is 3. The number of hydrogen-bond acceptors (Lipinski definition) is 3. The predicted molar refractivity (Wildman–Crippen MR) is 88.7 cm³/mol. The Hall–Kier alpha value is -1.36. The van der Waals surface area contributed by atoms with Crippen molar-refractivity contribution in [1.82, 2.24) is 20.4 Å². The van der Waals surface area contributed by atoms with E-state index in [1.165, 1.54) is 18.5 Å². The molecule has 5 heteroatoms. The maximum absolute atomic E-state index is 12.0. The van der Waals surface area contributed by atoms with Crippen LogP contribution in [0.5, 0.6) is 0 Å². The number of carbonyl (C=O) groups is 1. The largest absolute Gasteiger partial charge is 0.356 e. The number of aromatic nitrogens is 2. The zero-order valence-corrected chi connectivity index (χ0v) is 14.2. The van der Waals surface area contributed by atoms with E-state index in [4.69, 9.17) is 0 Å². The summed E-state index contributed by atoms with van der Waals surface area (Å²) >= 11 is 0. The molecule has 2 rings (SSSR count). The van der Waals surface area contributed by atoms with Gasteiger partial charge in [0.15, 0.2) is 0 Å². The molecular weight excluding hydrogens is 276 g/mol. The lowest BCUT2D eigenvalue weighted by atomic mass is 9.85. The third kappa shape index (κ3) is 5.13. The van der Waals surface area contributed by atoms with Crippen LogP contribution < -0.4 is 10.6 Å². The molecule has 2 unspecified atom stereocenters. The molecule has 0 aromatic carbocycles. The molecule has 0 spiro atoms. The fraction of sp³-hybridized carbons (Fsp3) is 0.765. The van der Waals surface area contributed by atoms with E-state index in [1.54, 1.807) is 0 Å². The van der Waals surface area contributed by atoms with Crippen LogP contribution in [0.15, 0.2) is 6.07 Å². The van der Waals surface area contributed by atoms with Gasteiger partial charge in [-0.1, -0.05) is 6.92 Å². The zero-order chi connectivity index (χ0) is 15.9. The van der Waals surface area contributed by atoms with Gasteiger partial charge in [0.1, 0.15) is 0 Å². The highest BCUT2D eigenvalue weighted by Gasteiger charge is 2.21. The summed E-state index contributed by atoms with van der Waals surface area (Å²) in [5, 5.41) is 10.9. The summed E-state index contributed by atoms with van der Waals surface area (Å²) in [5.74, 6) is 1.30. The van der Waals surface area contributed by atoms with Crippen LogP contribution in [-0.4, -0.2) is 35.3 Å². The van der Waals surface area contributed by atoms with Crippen LogP contribution in [0.1, 0.15) is 44.0 Å². The van der Waals surface area contributed by atoms with Gasteiger partial charge in [-0.3, -0.25) is 9.48 Å². The summed E-state index contributed by atoms with van der Waals surface area (Å²) in [5.41, 5.74) is 2.23. The second-order valence-corrected chi connectivity index (χ2v) is 6.64. The van der Waals surface area contributed by atoms with Crippen molar-refractivity contribution in [1.29, 1.82) is 0 Å². The second-order valence-electron chi connectivity index (χ2n) is 6.64. The Kier molecular flexibility index (Phi) is 6.43. The van der Waals surface area contributed by atoms with E-state index in [0.717, 1.165) is 38.3 Å². The Morgan fingerprint density at radius 1 is 1.55 bits per heavy atom. The summed E-state index contributed by atoms with van der Waals surface area (Å²) in [4.78, 5) is 12.0. The van der Waals surface area contributed by atoms with Crippen LogP contribution in [0.2, 0.25) is 0 Å². The summed E-state index contributed by atoms with van der Waals surface area (Å²) in [7, 11) is 0. The first kappa shape index (κ1) is 17.0. The van der Waals surface area contributed by atoms with Crippen LogP contribution in [0.25, 0.3) is 0 Å². The van der Waals surface area contributed by atoms with Gasteiger partial charge >= 0.3 is 0 Å². The van der Waals surface area contributed by atoms with Gasteiger partial charge in [-0.15, -0.1) is 0 Å². The van der Waals surface area contributed by atoms with Gasteiger partial charge in [-0.25, -0.2) is 0 Å². The van der Waals surface area contributed by atoms with Crippen LogP contribution in [0.4, 0.5) is 0 Å². The summed E-state index contributed by atoms with van der Waals surface area (Å²) in [6.07, 6.45) is 4.05. The summed E-state index contributed by atoms with van der Waals surface area (Å²) in [6, 6.07) is 2.08. The highest BCUT2D eigenvalue weighted by atomic mass is 16.1. The van der Waals surface area contributed by atoms with Crippen molar-refractivity contribution < 1.29 is 4.79 Å². The molecule has 1 amide bonds. The molecule has 2 N–H and O–H groups in total. The van der Waals surface area contributed by atoms with E-state index < -0.39 is 0 Å². The molecule has 1 fully saturated rings. The highest BCUT2D eigenvalue weighted by molar-refractivity contribution is 5.76. The van der Waals surface area contributed by atoms with Gasteiger partial charge in [0, 0.05) is 25.2 Å². The maximum atomic E-state index is 12.0. The number of hydrogen-bond donors (Lipinski definition) is 2. The smallest absolute Gasteiger partial charge is 0.220 e. The lowest BCUT2D eigenvalue weighted by Gasteiger charge is -2.28. The fourth-order valence-electron chi connectivity index (χ4n) is 3.25. The number of nitrogens with one attached hydrogen (secondary N) is 2. The van der Waals surface area contributed by atoms with Crippen LogP contribution in [0.3, 0.4) is 0 Å². The fourth-order valence-corrected chi connectivity index (χ4v) is 3.25. The minimum atomic E-state index is 0.187. The molecule has 124 valence electrons. The third-order valence-electron chi connectivity index (χ3n) is 4.62. The first-order valence-corrected chi connectivity index (χ1v) is 8.54. The molecule has 0 saturated carbocycles. The van der Waals surface area contributed by atoms with Crippen molar-refractivity contribution in [3.05, 3.63) is 17.5 Å². The first-order valence-electron chi connectivity index (χ1n) is 8.54. The van der Waals surface area contributed by atoms with Crippen LogP contribution in [0, 0.1) is 25.7 Å². The van der Waals surface area contributed by atoms with E-state index in [1.807, 2.05) is 11.6 Å². The van der Waals surface area contributed by atoms with Crippen LogP contribution >= 0.6 is 0 Å².